The van der Waals surface area contributed by atoms with Crippen molar-refractivity contribution in [1.29, 1.82) is 0 Å². The van der Waals surface area contributed by atoms with Crippen molar-refractivity contribution in [3.63, 3.8) is 0 Å². The molecule has 1 heterocycles. The van der Waals surface area contributed by atoms with Crippen molar-refractivity contribution in [3.8, 4) is 17.2 Å². The highest BCUT2D eigenvalue weighted by molar-refractivity contribution is 6.32. The Hall–Kier alpha value is -3.71. The van der Waals surface area contributed by atoms with Crippen molar-refractivity contribution < 1.29 is 28.9 Å². The Balaban J connectivity index is 1.37. The fourth-order valence-electron chi connectivity index (χ4n) is 3.77. The highest BCUT2D eigenvalue weighted by Gasteiger charge is 2.27. The molecule has 3 aromatic rings. The van der Waals surface area contributed by atoms with E-state index in [0.717, 1.165) is 6.42 Å². The zero-order valence-corrected chi connectivity index (χ0v) is 19.3. The van der Waals surface area contributed by atoms with E-state index in [9.17, 15) is 9.59 Å². The van der Waals surface area contributed by atoms with Crippen molar-refractivity contribution in [1.82, 2.24) is 5.32 Å². The number of benzene rings is 3. The maximum absolute atomic E-state index is 12.4. The molecule has 1 amide bonds. The average molecular weight is 482 g/mol. The van der Waals surface area contributed by atoms with Gasteiger partial charge in [-0.15, -0.1) is 0 Å². The highest BCUT2D eigenvalue weighted by Crippen LogP contribution is 2.42. The molecule has 0 saturated carbocycles. The number of halogens is 1. The first kappa shape index (κ1) is 23.4. The van der Waals surface area contributed by atoms with Crippen LogP contribution in [0, 0.1) is 6.92 Å². The highest BCUT2D eigenvalue weighted by atomic mass is 35.5. The quantitative estimate of drug-likeness (QED) is 0.406. The molecule has 2 N–H and O–H groups in total. The van der Waals surface area contributed by atoms with Crippen LogP contribution in [0.2, 0.25) is 5.02 Å². The van der Waals surface area contributed by atoms with Gasteiger partial charge in [-0.25, -0.2) is 4.79 Å². The minimum atomic E-state index is -1.35. The van der Waals surface area contributed by atoms with Crippen molar-refractivity contribution in [3.05, 3.63) is 87.9 Å². The third kappa shape index (κ3) is 5.80. The number of carbonyl (C=O) groups excluding carboxylic acids is 1. The lowest BCUT2D eigenvalue weighted by atomic mass is 10.0. The Morgan fingerprint density at radius 2 is 1.94 bits per heavy atom. The first-order chi connectivity index (χ1) is 16.4. The molecule has 7 nitrogen and oxygen atoms in total. The average Bonchev–Trinajstić information content (AvgIpc) is 2.80. The van der Waals surface area contributed by atoms with Gasteiger partial charge < -0.3 is 24.6 Å². The smallest absolute Gasteiger partial charge is 0.493 e. The summed E-state index contributed by atoms with van der Waals surface area (Å²) in [4.78, 5) is 23.4. The molecule has 34 heavy (non-hydrogen) atoms. The molecule has 0 aromatic heterocycles. The molecule has 0 saturated heterocycles. The van der Waals surface area contributed by atoms with Crippen LogP contribution in [-0.2, 0) is 11.2 Å². The predicted molar refractivity (Wildman–Crippen MR) is 127 cm³/mol. The lowest BCUT2D eigenvalue weighted by Crippen LogP contribution is -2.25. The minimum Gasteiger partial charge on any atom is -0.493 e. The third-order valence-corrected chi connectivity index (χ3v) is 5.71. The van der Waals surface area contributed by atoms with Crippen LogP contribution in [-0.4, -0.2) is 30.3 Å². The largest absolute Gasteiger partial charge is 0.506 e. The van der Waals surface area contributed by atoms with Gasteiger partial charge in [0.05, 0.1) is 11.6 Å². The summed E-state index contributed by atoms with van der Waals surface area (Å²) in [5.74, 6) is 1.14. The summed E-state index contributed by atoms with van der Waals surface area (Å²) in [5.41, 5.74) is 3.45. The van der Waals surface area contributed by atoms with Gasteiger partial charge >= 0.3 is 6.16 Å². The number of rotatable bonds is 7. The molecule has 3 aromatic carbocycles. The van der Waals surface area contributed by atoms with Crippen LogP contribution < -0.4 is 14.8 Å². The standard InChI is InChI=1S/C26H24ClNO6/c1-16-3-2-4-17(13-16)9-11-28-25(29)18-5-7-19(8-6-18)33-24-15-23-20(14-21(24)27)22(10-12-32-23)34-26(30)31/h2-8,13-15,22H,9-12H2,1H3,(H,28,29)(H,30,31). The first-order valence-electron chi connectivity index (χ1n) is 10.9. The van der Waals surface area contributed by atoms with Crippen molar-refractivity contribution in [2.45, 2.75) is 25.9 Å². The van der Waals surface area contributed by atoms with E-state index in [1.807, 2.05) is 25.1 Å². The monoisotopic (exact) mass is 481 g/mol. The van der Waals surface area contributed by atoms with Gasteiger partial charge in [-0.05, 0) is 49.2 Å². The molecular weight excluding hydrogens is 458 g/mol. The van der Waals surface area contributed by atoms with Crippen molar-refractivity contribution >= 4 is 23.7 Å². The maximum atomic E-state index is 12.4. The Morgan fingerprint density at radius 3 is 2.68 bits per heavy atom. The van der Waals surface area contributed by atoms with Gasteiger partial charge in [-0.1, -0.05) is 41.4 Å². The predicted octanol–water partition coefficient (Wildman–Crippen LogP) is 5.93. The van der Waals surface area contributed by atoms with E-state index in [0.29, 0.717) is 53.0 Å². The molecule has 0 radical (unpaired) electrons. The molecule has 4 rings (SSSR count). The molecule has 0 aliphatic carbocycles. The number of fused-ring (bicyclic) bond motifs is 1. The van der Waals surface area contributed by atoms with Gasteiger partial charge in [0.1, 0.15) is 23.4 Å². The summed E-state index contributed by atoms with van der Waals surface area (Å²) in [6.07, 6.45) is -0.832. The zero-order chi connectivity index (χ0) is 24.1. The number of hydrogen-bond acceptors (Lipinski definition) is 5. The Kier molecular flexibility index (Phi) is 7.23. The van der Waals surface area contributed by atoms with E-state index >= 15 is 0 Å². The second-order valence-electron chi connectivity index (χ2n) is 7.95. The molecular formula is C26H24ClNO6. The van der Waals surface area contributed by atoms with E-state index < -0.39 is 12.3 Å². The maximum Gasteiger partial charge on any atom is 0.506 e. The van der Waals surface area contributed by atoms with Crippen molar-refractivity contribution in [2.75, 3.05) is 13.2 Å². The molecule has 0 spiro atoms. The number of nitrogens with one attached hydrogen (secondary N) is 1. The van der Waals surface area contributed by atoms with Crippen LogP contribution in [0.25, 0.3) is 0 Å². The zero-order valence-electron chi connectivity index (χ0n) is 18.5. The second kappa shape index (κ2) is 10.5. The summed E-state index contributed by atoms with van der Waals surface area (Å²) in [5, 5.41) is 12.2. The summed E-state index contributed by atoms with van der Waals surface area (Å²) in [6.45, 7) is 2.90. The second-order valence-corrected chi connectivity index (χ2v) is 8.36. The van der Waals surface area contributed by atoms with Gasteiger partial charge in [0, 0.05) is 30.2 Å². The summed E-state index contributed by atoms with van der Waals surface area (Å²) >= 11 is 6.36. The lowest BCUT2D eigenvalue weighted by molar-refractivity contribution is 0.0326. The van der Waals surface area contributed by atoms with Crippen LogP contribution in [0.4, 0.5) is 4.79 Å². The van der Waals surface area contributed by atoms with E-state index in [4.69, 9.17) is 30.9 Å². The molecule has 8 heteroatoms. The molecule has 1 aliphatic heterocycles. The number of carboxylic acid groups (broad SMARTS) is 1. The summed E-state index contributed by atoms with van der Waals surface area (Å²) in [7, 11) is 0. The fourth-order valence-corrected chi connectivity index (χ4v) is 3.98. The van der Waals surface area contributed by atoms with Crippen LogP contribution in [0.5, 0.6) is 17.2 Å². The van der Waals surface area contributed by atoms with Crippen LogP contribution >= 0.6 is 11.6 Å². The van der Waals surface area contributed by atoms with Crippen LogP contribution in [0.3, 0.4) is 0 Å². The van der Waals surface area contributed by atoms with E-state index in [-0.39, 0.29) is 5.91 Å². The van der Waals surface area contributed by atoms with E-state index in [1.54, 1.807) is 36.4 Å². The number of ether oxygens (including phenoxy) is 3. The minimum absolute atomic E-state index is 0.163. The number of hydrogen-bond donors (Lipinski definition) is 2. The first-order valence-corrected chi connectivity index (χ1v) is 11.2. The van der Waals surface area contributed by atoms with Gasteiger partial charge in [-0.2, -0.15) is 0 Å². The topological polar surface area (TPSA) is 94.1 Å². The lowest BCUT2D eigenvalue weighted by Gasteiger charge is -2.25. The van der Waals surface area contributed by atoms with Crippen molar-refractivity contribution in [2.24, 2.45) is 0 Å². The van der Waals surface area contributed by atoms with Crippen LogP contribution in [0.1, 0.15) is 39.6 Å². The number of aryl methyl sites for hydroxylation is 1. The van der Waals surface area contributed by atoms with Gasteiger partial charge in [-0.3, -0.25) is 4.79 Å². The third-order valence-electron chi connectivity index (χ3n) is 5.42. The fraction of sp³-hybridized carbons (Fsp3) is 0.231. The van der Waals surface area contributed by atoms with Gasteiger partial charge in [0.15, 0.2) is 0 Å². The Bertz CT molecular complexity index is 1190. The van der Waals surface area contributed by atoms with Gasteiger partial charge in [0.2, 0.25) is 0 Å². The normalized spacial score (nSPS) is 14.5. The van der Waals surface area contributed by atoms with E-state index in [1.165, 1.54) is 11.1 Å². The van der Waals surface area contributed by atoms with Gasteiger partial charge in [0.25, 0.3) is 5.91 Å². The summed E-state index contributed by atoms with van der Waals surface area (Å²) < 4.78 is 16.4. The summed E-state index contributed by atoms with van der Waals surface area (Å²) in [6, 6.07) is 18.1. The van der Waals surface area contributed by atoms with E-state index in [2.05, 4.69) is 11.4 Å². The molecule has 1 aliphatic rings. The Morgan fingerprint density at radius 1 is 1.15 bits per heavy atom. The molecule has 1 atom stereocenters. The molecule has 1 unspecified atom stereocenters. The molecule has 0 fully saturated rings. The number of amides is 1. The SMILES string of the molecule is Cc1cccc(CCNC(=O)c2ccc(Oc3cc4c(cc3Cl)C(OC(=O)O)CCO4)cc2)c1. The molecule has 0 bridgehead atoms. The number of carbonyl (C=O) groups is 2. The Labute approximate surface area is 202 Å². The molecule has 176 valence electrons. The van der Waals surface area contributed by atoms with Crippen LogP contribution in [0.15, 0.2) is 60.7 Å².